The zero-order valence-corrected chi connectivity index (χ0v) is 20.4. The lowest BCUT2D eigenvalue weighted by Crippen LogP contribution is -2.22. The summed E-state index contributed by atoms with van der Waals surface area (Å²) in [6.07, 6.45) is 6.72. The first-order valence-corrected chi connectivity index (χ1v) is 11.9. The van der Waals surface area contributed by atoms with Gasteiger partial charge in [0, 0.05) is 12.1 Å². The van der Waals surface area contributed by atoms with Crippen LogP contribution >= 0.6 is 15.9 Å². The zero-order chi connectivity index (χ0) is 22.5. The van der Waals surface area contributed by atoms with Gasteiger partial charge in [0.05, 0.1) is 24.8 Å². The molecule has 0 aliphatic heterocycles. The first kappa shape index (κ1) is 25.1. The number of nitrogens with one attached hydrogen (secondary N) is 1. The van der Waals surface area contributed by atoms with Crippen molar-refractivity contribution in [2.24, 2.45) is 0 Å². The number of carbonyl (C=O) groups excluding carboxylic acids is 1. The molecule has 6 heteroatoms. The molecule has 0 radical (unpaired) electrons. The van der Waals surface area contributed by atoms with Crippen molar-refractivity contribution in [3.63, 3.8) is 0 Å². The predicted molar refractivity (Wildman–Crippen MR) is 128 cm³/mol. The number of rotatable bonds is 14. The number of hydrogen-bond acceptors (Lipinski definition) is 4. The molecule has 31 heavy (non-hydrogen) atoms. The van der Waals surface area contributed by atoms with Crippen molar-refractivity contribution >= 4 is 21.8 Å². The molecule has 170 valence electrons. The van der Waals surface area contributed by atoms with Crippen molar-refractivity contribution < 1.29 is 19.0 Å². The van der Waals surface area contributed by atoms with E-state index in [9.17, 15) is 4.79 Å². The van der Waals surface area contributed by atoms with Crippen LogP contribution in [0.5, 0.6) is 17.2 Å². The maximum atomic E-state index is 12.6. The van der Waals surface area contributed by atoms with Gasteiger partial charge in [-0.05, 0) is 64.7 Å². The van der Waals surface area contributed by atoms with Gasteiger partial charge in [0.15, 0.2) is 11.5 Å². The van der Waals surface area contributed by atoms with Gasteiger partial charge in [-0.15, -0.1) is 0 Å². The average molecular weight is 492 g/mol. The molecule has 0 saturated heterocycles. The van der Waals surface area contributed by atoms with Crippen LogP contribution in [-0.4, -0.2) is 26.2 Å². The third-order valence-electron chi connectivity index (χ3n) is 4.89. The lowest BCUT2D eigenvalue weighted by atomic mass is 10.1. The molecule has 0 heterocycles. The summed E-state index contributed by atoms with van der Waals surface area (Å²) in [5, 5.41) is 2.95. The Balaban J connectivity index is 1.89. The van der Waals surface area contributed by atoms with Gasteiger partial charge < -0.3 is 19.5 Å². The van der Waals surface area contributed by atoms with E-state index < -0.39 is 0 Å². The monoisotopic (exact) mass is 491 g/mol. The van der Waals surface area contributed by atoms with Crippen molar-refractivity contribution in [2.45, 2.75) is 58.9 Å². The lowest BCUT2D eigenvalue weighted by Gasteiger charge is -2.13. The van der Waals surface area contributed by atoms with E-state index in [0.29, 0.717) is 31.1 Å². The molecule has 5 nitrogen and oxygen atoms in total. The minimum Gasteiger partial charge on any atom is -0.493 e. The van der Waals surface area contributed by atoms with E-state index in [1.165, 1.54) is 19.3 Å². The maximum Gasteiger partial charge on any atom is 0.251 e. The Hall–Kier alpha value is -2.21. The molecule has 0 unspecified atom stereocenters. The molecule has 0 fully saturated rings. The predicted octanol–water partition coefficient (Wildman–Crippen LogP) is 6.53. The first-order valence-electron chi connectivity index (χ1n) is 11.1. The fourth-order valence-corrected chi connectivity index (χ4v) is 3.52. The number of halogens is 1. The molecule has 0 aliphatic rings. The fourth-order valence-electron chi connectivity index (χ4n) is 3.02. The van der Waals surface area contributed by atoms with E-state index in [2.05, 4.69) is 35.1 Å². The lowest BCUT2D eigenvalue weighted by molar-refractivity contribution is 0.0950. The van der Waals surface area contributed by atoms with Gasteiger partial charge in [-0.2, -0.15) is 0 Å². The molecule has 0 bridgehead atoms. The van der Waals surface area contributed by atoms with E-state index in [0.717, 1.165) is 40.8 Å². The summed E-state index contributed by atoms with van der Waals surface area (Å²) in [4.78, 5) is 12.6. The van der Waals surface area contributed by atoms with Gasteiger partial charge in [-0.3, -0.25) is 4.79 Å². The van der Waals surface area contributed by atoms with Crippen LogP contribution in [0.3, 0.4) is 0 Å². The SMILES string of the molecule is CCCCCCOc1ccc(C(=O)NCc2ccc(OCCCC)c(OC)c2)cc1Br. The van der Waals surface area contributed by atoms with E-state index >= 15 is 0 Å². The van der Waals surface area contributed by atoms with Crippen LogP contribution in [0.25, 0.3) is 0 Å². The summed E-state index contributed by atoms with van der Waals surface area (Å²) < 4.78 is 17.8. The van der Waals surface area contributed by atoms with E-state index in [1.807, 2.05) is 24.3 Å². The van der Waals surface area contributed by atoms with Crippen molar-refractivity contribution in [1.29, 1.82) is 0 Å². The fraction of sp³-hybridized carbons (Fsp3) is 0.480. The van der Waals surface area contributed by atoms with Crippen LogP contribution in [0.1, 0.15) is 68.3 Å². The summed E-state index contributed by atoms with van der Waals surface area (Å²) in [5.74, 6) is 2.01. The number of ether oxygens (including phenoxy) is 3. The largest absolute Gasteiger partial charge is 0.493 e. The Morgan fingerprint density at radius 2 is 1.58 bits per heavy atom. The zero-order valence-electron chi connectivity index (χ0n) is 18.8. The second-order valence-corrected chi connectivity index (χ2v) is 8.28. The van der Waals surface area contributed by atoms with Gasteiger partial charge in [-0.1, -0.05) is 45.6 Å². The Bertz CT molecular complexity index is 825. The van der Waals surface area contributed by atoms with Crippen LogP contribution in [0.4, 0.5) is 0 Å². The highest BCUT2D eigenvalue weighted by atomic mass is 79.9. The van der Waals surface area contributed by atoms with Crippen LogP contribution < -0.4 is 19.5 Å². The highest BCUT2D eigenvalue weighted by molar-refractivity contribution is 9.10. The Kier molecular flexibility index (Phi) is 11.3. The van der Waals surface area contributed by atoms with E-state index in [4.69, 9.17) is 14.2 Å². The van der Waals surface area contributed by atoms with Crippen LogP contribution in [0.15, 0.2) is 40.9 Å². The van der Waals surface area contributed by atoms with Gasteiger partial charge in [0.2, 0.25) is 0 Å². The third kappa shape index (κ3) is 8.44. The Labute approximate surface area is 194 Å². The number of carbonyl (C=O) groups is 1. The van der Waals surface area contributed by atoms with Gasteiger partial charge in [0.1, 0.15) is 5.75 Å². The summed E-state index contributed by atoms with van der Waals surface area (Å²) >= 11 is 3.51. The molecule has 1 amide bonds. The first-order chi connectivity index (χ1) is 15.1. The smallest absolute Gasteiger partial charge is 0.251 e. The Morgan fingerprint density at radius 3 is 2.29 bits per heavy atom. The third-order valence-corrected chi connectivity index (χ3v) is 5.51. The maximum absolute atomic E-state index is 12.6. The van der Waals surface area contributed by atoms with E-state index in [1.54, 1.807) is 19.2 Å². The summed E-state index contributed by atoms with van der Waals surface area (Å²) in [7, 11) is 1.62. The molecule has 1 N–H and O–H groups in total. The molecule has 0 aliphatic carbocycles. The molecule has 0 saturated carbocycles. The molecule has 0 spiro atoms. The molecule has 0 atom stereocenters. The summed E-state index contributed by atoms with van der Waals surface area (Å²) in [6, 6.07) is 11.1. The second-order valence-electron chi connectivity index (χ2n) is 7.42. The van der Waals surface area contributed by atoms with Crippen molar-refractivity contribution in [3.05, 3.63) is 52.0 Å². The highest BCUT2D eigenvalue weighted by Crippen LogP contribution is 2.29. The average Bonchev–Trinajstić information content (AvgIpc) is 2.78. The van der Waals surface area contributed by atoms with Crippen molar-refractivity contribution in [2.75, 3.05) is 20.3 Å². The minimum atomic E-state index is -0.141. The normalized spacial score (nSPS) is 10.6. The quantitative estimate of drug-likeness (QED) is 0.305. The van der Waals surface area contributed by atoms with Gasteiger partial charge in [0.25, 0.3) is 5.91 Å². The number of methoxy groups -OCH3 is 1. The molecule has 2 aromatic rings. The van der Waals surface area contributed by atoms with Crippen LogP contribution in [0, 0.1) is 0 Å². The molecule has 0 aromatic heterocycles. The number of hydrogen-bond donors (Lipinski definition) is 1. The van der Waals surface area contributed by atoms with Gasteiger partial charge in [-0.25, -0.2) is 0 Å². The highest BCUT2D eigenvalue weighted by Gasteiger charge is 2.11. The standard InChI is InChI=1S/C25H34BrNO4/c1-4-6-8-9-15-30-22-13-11-20(17-21(22)26)25(28)27-18-19-10-12-23(24(16-19)29-3)31-14-7-5-2/h10-13,16-17H,4-9,14-15,18H2,1-3H3,(H,27,28). The molecule has 2 aromatic carbocycles. The van der Waals surface area contributed by atoms with Crippen molar-refractivity contribution in [1.82, 2.24) is 5.32 Å². The van der Waals surface area contributed by atoms with Gasteiger partial charge >= 0.3 is 0 Å². The number of amides is 1. The Morgan fingerprint density at radius 1 is 0.871 bits per heavy atom. The molecular formula is C25H34BrNO4. The second kappa shape index (κ2) is 14.0. The number of unbranched alkanes of at least 4 members (excludes halogenated alkanes) is 4. The molecular weight excluding hydrogens is 458 g/mol. The van der Waals surface area contributed by atoms with Crippen LogP contribution in [-0.2, 0) is 6.54 Å². The topological polar surface area (TPSA) is 56.8 Å². The minimum absolute atomic E-state index is 0.141. The van der Waals surface area contributed by atoms with Crippen LogP contribution in [0.2, 0.25) is 0 Å². The summed E-state index contributed by atoms with van der Waals surface area (Å²) in [5.41, 5.74) is 1.52. The van der Waals surface area contributed by atoms with E-state index in [-0.39, 0.29) is 5.91 Å². The summed E-state index contributed by atoms with van der Waals surface area (Å²) in [6.45, 7) is 6.06. The number of benzene rings is 2. The molecule has 2 rings (SSSR count). The van der Waals surface area contributed by atoms with Crippen molar-refractivity contribution in [3.8, 4) is 17.2 Å².